The maximum atomic E-state index is 11.3. The number of furan rings is 1. The van der Waals surface area contributed by atoms with Crippen molar-refractivity contribution in [3.63, 3.8) is 0 Å². The van der Waals surface area contributed by atoms with Gasteiger partial charge in [0, 0.05) is 12.2 Å². The van der Waals surface area contributed by atoms with Crippen molar-refractivity contribution in [1.29, 1.82) is 0 Å². The van der Waals surface area contributed by atoms with E-state index in [9.17, 15) is 19.5 Å². The molecule has 0 bridgehead atoms. The van der Waals surface area contributed by atoms with Gasteiger partial charge in [0.2, 0.25) is 5.50 Å². The Morgan fingerprint density at radius 3 is 2.42 bits per heavy atom. The molecule has 0 aliphatic carbocycles. The van der Waals surface area contributed by atoms with Crippen LogP contribution in [0.4, 0.5) is 5.69 Å². The molecule has 0 spiro atoms. The first-order valence-corrected chi connectivity index (χ1v) is 9.34. The minimum Gasteiger partial charge on any atom is -0.508 e. The van der Waals surface area contributed by atoms with Gasteiger partial charge in [-0.2, -0.15) is 0 Å². The second-order valence-electron chi connectivity index (χ2n) is 5.62. The van der Waals surface area contributed by atoms with E-state index >= 15 is 0 Å². The van der Waals surface area contributed by atoms with Crippen molar-refractivity contribution in [3.8, 4) is 22.8 Å². The molecule has 1 aromatic heterocycles. The summed E-state index contributed by atoms with van der Waals surface area (Å²) in [5, 5.41) is 12.5. The van der Waals surface area contributed by atoms with Gasteiger partial charge >= 0.3 is 7.60 Å². The van der Waals surface area contributed by atoms with Crippen molar-refractivity contribution >= 4 is 18.8 Å². The largest absolute Gasteiger partial charge is 0.508 e. The molecule has 2 aromatic carbocycles. The Bertz CT molecular complexity index is 945. The molecule has 26 heavy (non-hydrogen) atoms. The van der Waals surface area contributed by atoms with Crippen LogP contribution >= 0.6 is 7.60 Å². The Kier molecular flexibility index (Phi) is 5.04. The number of benzene rings is 2. The van der Waals surface area contributed by atoms with E-state index in [1.54, 1.807) is 30.3 Å². The first-order chi connectivity index (χ1) is 12.4. The SMILES string of the molecule is COc1ccc(CNc2ccc(O)cc2)cc1-c1ccc(P(=O)(O)O)o1. The summed E-state index contributed by atoms with van der Waals surface area (Å²) < 4.78 is 22.0. The minimum atomic E-state index is -4.45. The second-order valence-corrected chi connectivity index (χ2v) is 7.15. The molecule has 0 aliphatic heterocycles. The topological polar surface area (TPSA) is 112 Å². The number of aromatic hydroxyl groups is 1. The van der Waals surface area contributed by atoms with Crippen molar-refractivity contribution in [2.75, 3.05) is 12.4 Å². The molecule has 0 radical (unpaired) electrons. The van der Waals surface area contributed by atoms with Crippen LogP contribution in [0.5, 0.6) is 11.5 Å². The molecule has 3 rings (SSSR count). The monoisotopic (exact) mass is 375 g/mol. The number of anilines is 1. The van der Waals surface area contributed by atoms with Crippen molar-refractivity contribution in [2.45, 2.75) is 6.54 Å². The molecule has 0 atom stereocenters. The Balaban J connectivity index is 1.85. The zero-order valence-corrected chi connectivity index (χ0v) is 14.8. The molecule has 4 N–H and O–H groups in total. The van der Waals surface area contributed by atoms with Crippen LogP contribution in [0.3, 0.4) is 0 Å². The smallest absolute Gasteiger partial charge is 0.391 e. The average molecular weight is 375 g/mol. The van der Waals surface area contributed by atoms with Gasteiger partial charge in [-0.25, -0.2) is 0 Å². The number of phenols is 1. The fourth-order valence-electron chi connectivity index (χ4n) is 2.47. The minimum absolute atomic E-state index is 0.195. The molecule has 7 nitrogen and oxygen atoms in total. The van der Waals surface area contributed by atoms with Gasteiger partial charge in [-0.1, -0.05) is 6.07 Å². The summed E-state index contributed by atoms with van der Waals surface area (Å²) in [5.74, 6) is 1.04. The van der Waals surface area contributed by atoms with Crippen LogP contribution in [-0.2, 0) is 11.1 Å². The molecule has 0 fully saturated rings. The van der Waals surface area contributed by atoms with Crippen LogP contribution in [0.15, 0.2) is 59.0 Å². The predicted octanol–water partition coefficient (Wildman–Crippen LogP) is 3.08. The summed E-state index contributed by atoms with van der Waals surface area (Å²) in [6.45, 7) is 0.508. The van der Waals surface area contributed by atoms with Crippen LogP contribution in [0.25, 0.3) is 11.3 Å². The summed E-state index contributed by atoms with van der Waals surface area (Å²) in [6.07, 6.45) is 0. The number of nitrogens with one attached hydrogen (secondary N) is 1. The lowest BCUT2D eigenvalue weighted by molar-refractivity contribution is 0.377. The van der Waals surface area contributed by atoms with E-state index in [1.807, 2.05) is 12.1 Å². The number of phenolic OH excluding ortho intramolecular Hbond substituents is 1. The summed E-state index contributed by atoms with van der Waals surface area (Å²) >= 11 is 0. The third-order valence-corrected chi connectivity index (χ3v) is 4.59. The zero-order chi connectivity index (χ0) is 18.7. The highest BCUT2D eigenvalue weighted by atomic mass is 31.2. The molecular weight excluding hydrogens is 357 g/mol. The number of hydrogen-bond donors (Lipinski definition) is 4. The fourth-order valence-corrected chi connectivity index (χ4v) is 2.96. The van der Waals surface area contributed by atoms with E-state index in [-0.39, 0.29) is 11.3 Å². The van der Waals surface area contributed by atoms with Gasteiger partial charge in [0.15, 0.2) is 0 Å². The molecule has 0 amide bonds. The normalized spacial score (nSPS) is 11.3. The van der Waals surface area contributed by atoms with E-state index in [2.05, 4.69) is 5.32 Å². The maximum Gasteiger partial charge on any atom is 0.391 e. The molecule has 0 saturated carbocycles. The molecule has 8 heteroatoms. The highest BCUT2D eigenvalue weighted by Crippen LogP contribution is 2.37. The second kappa shape index (κ2) is 7.25. The number of hydrogen-bond acceptors (Lipinski definition) is 5. The fraction of sp³-hybridized carbons (Fsp3) is 0.111. The zero-order valence-electron chi connectivity index (χ0n) is 13.9. The third kappa shape index (κ3) is 4.08. The third-order valence-electron chi connectivity index (χ3n) is 3.77. The van der Waals surface area contributed by atoms with Crippen molar-refractivity contribution < 1.29 is 28.6 Å². The van der Waals surface area contributed by atoms with Crippen LogP contribution in [-0.4, -0.2) is 22.0 Å². The molecule has 0 saturated heterocycles. The Morgan fingerprint density at radius 2 is 1.81 bits per heavy atom. The van der Waals surface area contributed by atoms with Crippen molar-refractivity contribution in [3.05, 3.63) is 60.2 Å². The lowest BCUT2D eigenvalue weighted by Crippen LogP contribution is -2.00. The summed E-state index contributed by atoms with van der Waals surface area (Å²) in [6, 6.07) is 14.9. The quantitative estimate of drug-likeness (QED) is 0.387. The summed E-state index contributed by atoms with van der Waals surface area (Å²) in [4.78, 5) is 18.4. The highest BCUT2D eigenvalue weighted by Gasteiger charge is 2.23. The van der Waals surface area contributed by atoms with E-state index < -0.39 is 7.60 Å². The van der Waals surface area contributed by atoms with Gasteiger partial charge in [0.25, 0.3) is 0 Å². The molecule has 0 aliphatic rings. The van der Waals surface area contributed by atoms with E-state index in [4.69, 9.17) is 9.15 Å². The standard InChI is InChI=1S/C18H18NO6P/c1-24-16-7-2-12(11-19-13-3-5-14(20)6-4-13)10-15(16)17-8-9-18(25-17)26(21,22)23/h2-10,19-20H,11H2,1H3,(H2,21,22,23). The Labute approximate surface area is 150 Å². The van der Waals surface area contributed by atoms with Gasteiger partial charge in [-0.3, -0.25) is 4.57 Å². The van der Waals surface area contributed by atoms with Gasteiger partial charge in [-0.15, -0.1) is 0 Å². The number of rotatable bonds is 6. The lowest BCUT2D eigenvalue weighted by atomic mass is 10.1. The van der Waals surface area contributed by atoms with Crippen molar-refractivity contribution in [2.24, 2.45) is 0 Å². The van der Waals surface area contributed by atoms with E-state index in [0.29, 0.717) is 23.6 Å². The van der Waals surface area contributed by atoms with Crippen molar-refractivity contribution in [1.82, 2.24) is 0 Å². The molecule has 1 heterocycles. The number of ether oxygens (including phenoxy) is 1. The highest BCUT2D eigenvalue weighted by molar-refractivity contribution is 7.59. The maximum absolute atomic E-state index is 11.3. The number of methoxy groups -OCH3 is 1. The molecule has 0 unspecified atom stereocenters. The Hall–Kier alpha value is -2.73. The molecule has 136 valence electrons. The molecule has 3 aromatic rings. The van der Waals surface area contributed by atoms with Crippen LogP contribution in [0.1, 0.15) is 5.56 Å². The summed E-state index contributed by atoms with van der Waals surface area (Å²) in [7, 11) is -2.94. The van der Waals surface area contributed by atoms with Gasteiger partial charge in [0.1, 0.15) is 17.3 Å². The van der Waals surface area contributed by atoms with E-state index in [0.717, 1.165) is 11.3 Å². The first kappa shape index (κ1) is 18.1. The van der Waals surface area contributed by atoms with Gasteiger partial charge in [-0.05, 0) is 54.1 Å². The Morgan fingerprint density at radius 1 is 1.08 bits per heavy atom. The van der Waals surface area contributed by atoms with Crippen LogP contribution in [0, 0.1) is 0 Å². The lowest BCUT2D eigenvalue weighted by Gasteiger charge is -2.11. The van der Waals surface area contributed by atoms with Crippen LogP contribution < -0.4 is 15.6 Å². The van der Waals surface area contributed by atoms with Gasteiger partial charge in [0.05, 0.1) is 12.7 Å². The predicted molar refractivity (Wildman–Crippen MR) is 97.8 cm³/mol. The first-order valence-electron chi connectivity index (χ1n) is 7.73. The van der Waals surface area contributed by atoms with Crippen LogP contribution in [0.2, 0.25) is 0 Å². The van der Waals surface area contributed by atoms with E-state index in [1.165, 1.54) is 19.2 Å². The van der Waals surface area contributed by atoms with Gasteiger partial charge < -0.3 is 29.4 Å². The molecular formula is C18H18NO6P. The average Bonchev–Trinajstić information content (AvgIpc) is 3.11. The summed E-state index contributed by atoms with van der Waals surface area (Å²) in [5.41, 5.74) is 1.98.